The highest BCUT2D eigenvalue weighted by atomic mass is 32.1. The summed E-state index contributed by atoms with van der Waals surface area (Å²) in [6, 6.07) is 9.76. The van der Waals surface area contributed by atoms with Gasteiger partial charge in [-0.15, -0.1) is 12.6 Å². The number of halogens is 2. The second-order valence-electron chi connectivity index (χ2n) is 4.04. The van der Waals surface area contributed by atoms with Crippen molar-refractivity contribution in [1.29, 1.82) is 0 Å². The standard InChI is InChI=1S/C14H16F2S/c1-11(8-9-14(15,16)17)12(2)10-13-6-4-3-5-7-13/h3-7,17H,1-2,8-10H2. The Labute approximate surface area is 106 Å². The summed E-state index contributed by atoms with van der Waals surface area (Å²) in [5, 5.41) is -2.93. The Kier molecular flexibility index (Phi) is 4.94. The van der Waals surface area contributed by atoms with Gasteiger partial charge in [0.1, 0.15) is 0 Å². The van der Waals surface area contributed by atoms with Crippen molar-refractivity contribution in [3.8, 4) is 0 Å². The molecule has 3 heteroatoms. The summed E-state index contributed by atoms with van der Waals surface area (Å²) >= 11 is 3.19. The van der Waals surface area contributed by atoms with Crippen molar-refractivity contribution in [3.63, 3.8) is 0 Å². The van der Waals surface area contributed by atoms with E-state index in [4.69, 9.17) is 0 Å². The van der Waals surface area contributed by atoms with Crippen LogP contribution >= 0.6 is 12.6 Å². The summed E-state index contributed by atoms with van der Waals surface area (Å²) in [7, 11) is 0. The van der Waals surface area contributed by atoms with Crippen LogP contribution in [0.1, 0.15) is 18.4 Å². The molecule has 0 fully saturated rings. The van der Waals surface area contributed by atoms with Crippen LogP contribution in [-0.2, 0) is 6.42 Å². The lowest BCUT2D eigenvalue weighted by Gasteiger charge is -2.12. The summed E-state index contributed by atoms with van der Waals surface area (Å²) < 4.78 is 25.1. The highest BCUT2D eigenvalue weighted by Crippen LogP contribution is 2.28. The Hall–Kier alpha value is -1.09. The van der Waals surface area contributed by atoms with Crippen LogP contribution in [0.15, 0.2) is 54.6 Å². The molecule has 0 amide bonds. The van der Waals surface area contributed by atoms with Crippen molar-refractivity contribution >= 4 is 12.6 Å². The van der Waals surface area contributed by atoms with Crippen LogP contribution in [0.2, 0.25) is 0 Å². The third-order valence-electron chi connectivity index (χ3n) is 2.49. The summed E-state index contributed by atoms with van der Waals surface area (Å²) in [5.41, 5.74) is 2.58. The number of thiol groups is 1. The lowest BCUT2D eigenvalue weighted by atomic mass is 9.98. The lowest BCUT2D eigenvalue weighted by molar-refractivity contribution is 0.0988. The van der Waals surface area contributed by atoms with E-state index in [1.54, 1.807) is 0 Å². The first-order valence-electron chi connectivity index (χ1n) is 5.38. The van der Waals surface area contributed by atoms with Crippen LogP contribution in [-0.4, -0.2) is 5.25 Å². The van der Waals surface area contributed by atoms with Gasteiger partial charge in [-0.2, -0.15) is 8.78 Å². The number of benzene rings is 1. The molecule has 0 saturated heterocycles. The molecular weight excluding hydrogens is 238 g/mol. The third kappa shape index (κ3) is 5.68. The van der Waals surface area contributed by atoms with Crippen molar-refractivity contribution in [2.24, 2.45) is 0 Å². The third-order valence-corrected chi connectivity index (χ3v) is 2.71. The Balaban J connectivity index is 2.46. The van der Waals surface area contributed by atoms with Crippen LogP contribution < -0.4 is 0 Å². The SMILES string of the molecule is C=C(CCC(F)(F)S)C(=C)Cc1ccccc1. The molecule has 0 heterocycles. The minimum Gasteiger partial charge on any atom is -0.195 e. The minimum atomic E-state index is -2.93. The van der Waals surface area contributed by atoms with Crippen LogP contribution in [0.5, 0.6) is 0 Å². The van der Waals surface area contributed by atoms with E-state index in [1.807, 2.05) is 30.3 Å². The molecule has 0 bridgehead atoms. The number of hydrogen-bond acceptors (Lipinski definition) is 1. The molecule has 0 N–H and O–H groups in total. The van der Waals surface area contributed by atoms with Crippen molar-refractivity contribution in [3.05, 3.63) is 60.2 Å². The van der Waals surface area contributed by atoms with E-state index >= 15 is 0 Å². The molecule has 92 valence electrons. The maximum atomic E-state index is 12.6. The molecule has 0 nitrogen and oxygen atoms in total. The van der Waals surface area contributed by atoms with Gasteiger partial charge in [-0.3, -0.25) is 0 Å². The molecule has 0 aliphatic heterocycles. The smallest absolute Gasteiger partial charge is 0.195 e. The van der Waals surface area contributed by atoms with E-state index in [0.29, 0.717) is 12.0 Å². The topological polar surface area (TPSA) is 0 Å². The lowest BCUT2D eigenvalue weighted by Crippen LogP contribution is -2.06. The molecule has 1 aromatic rings. The fourth-order valence-electron chi connectivity index (χ4n) is 1.45. The Bertz CT molecular complexity index is 390. The fourth-order valence-corrected chi connectivity index (χ4v) is 1.56. The van der Waals surface area contributed by atoms with Crippen molar-refractivity contribution in [2.75, 3.05) is 0 Å². The molecule has 0 aromatic heterocycles. The highest BCUT2D eigenvalue weighted by molar-refractivity contribution is 7.81. The van der Waals surface area contributed by atoms with E-state index in [0.717, 1.165) is 11.1 Å². The Morgan fingerprint density at radius 3 is 2.24 bits per heavy atom. The number of rotatable bonds is 6. The molecule has 0 unspecified atom stereocenters. The summed E-state index contributed by atoms with van der Waals surface area (Å²) in [4.78, 5) is 0. The molecule has 0 saturated carbocycles. The molecule has 0 spiro atoms. The molecule has 0 atom stereocenters. The molecule has 1 aromatic carbocycles. The number of alkyl halides is 2. The van der Waals surface area contributed by atoms with Gasteiger partial charge in [0.15, 0.2) is 0 Å². The number of allylic oxidation sites excluding steroid dienone is 2. The number of hydrogen-bond donors (Lipinski definition) is 1. The monoisotopic (exact) mass is 254 g/mol. The maximum Gasteiger partial charge on any atom is 0.291 e. The first kappa shape index (κ1) is 14.0. The molecule has 0 radical (unpaired) electrons. The average Bonchev–Trinajstić information content (AvgIpc) is 2.26. The fraction of sp³-hybridized carbons (Fsp3) is 0.286. The average molecular weight is 254 g/mol. The van der Waals surface area contributed by atoms with Gasteiger partial charge < -0.3 is 0 Å². The van der Waals surface area contributed by atoms with E-state index < -0.39 is 5.25 Å². The summed E-state index contributed by atoms with van der Waals surface area (Å²) in [6.45, 7) is 7.67. The van der Waals surface area contributed by atoms with Gasteiger partial charge in [0.25, 0.3) is 5.25 Å². The second kappa shape index (κ2) is 6.01. The normalized spacial score (nSPS) is 11.2. The van der Waals surface area contributed by atoms with Gasteiger partial charge in [0, 0.05) is 6.42 Å². The van der Waals surface area contributed by atoms with Crippen LogP contribution in [0.4, 0.5) is 8.78 Å². The predicted molar refractivity (Wildman–Crippen MR) is 71.6 cm³/mol. The summed E-state index contributed by atoms with van der Waals surface area (Å²) in [6.07, 6.45) is 0.572. The zero-order valence-electron chi connectivity index (χ0n) is 9.63. The van der Waals surface area contributed by atoms with E-state index in [9.17, 15) is 8.78 Å². The van der Waals surface area contributed by atoms with E-state index in [1.165, 1.54) is 0 Å². The van der Waals surface area contributed by atoms with Gasteiger partial charge in [0.05, 0.1) is 0 Å². The molecule has 1 rings (SSSR count). The van der Waals surface area contributed by atoms with Crippen molar-refractivity contribution in [1.82, 2.24) is 0 Å². The first-order valence-corrected chi connectivity index (χ1v) is 5.83. The second-order valence-corrected chi connectivity index (χ2v) is 4.69. The molecule has 0 aliphatic rings. The Morgan fingerprint density at radius 2 is 1.71 bits per heavy atom. The van der Waals surface area contributed by atoms with Gasteiger partial charge in [-0.25, -0.2) is 0 Å². The van der Waals surface area contributed by atoms with Gasteiger partial charge in [-0.05, 0) is 24.0 Å². The van der Waals surface area contributed by atoms with Gasteiger partial charge in [0.2, 0.25) is 0 Å². The van der Waals surface area contributed by atoms with Crippen molar-refractivity contribution in [2.45, 2.75) is 24.5 Å². The largest absolute Gasteiger partial charge is 0.291 e. The van der Waals surface area contributed by atoms with Crippen LogP contribution in [0.3, 0.4) is 0 Å². The van der Waals surface area contributed by atoms with Crippen LogP contribution in [0, 0.1) is 0 Å². The van der Waals surface area contributed by atoms with E-state index in [-0.39, 0.29) is 12.8 Å². The van der Waals surface area contributed by atoms with Crippen molar-refractivity contribution < 1.29 is 8.78 Å². The Morgan fingerprint density at radius 1 is 1.12 bits per heavy atom. The highest BCUT2D eigenvalue weighted by Gasteiger charge is 2.22. The summed E-state index contributed by atoms with van der Waals surface area (Å²) in [5.74, 6) is 0. The zero-order valence-corrected chi connectivity index (χ0v) is 10.5. The maximum absolute atomic E-state index is 12.6. The predicted octanol–water partition coefficient (Wildman–Crippen LogP) is 4.64. The zero-order chi connectivity index (χ0) is 12.9. The van der Waals surface area contributed by atoms with Crippen LogP contribution in [0.25, 0.3) is 0 Å². The van der Waals surface area contributed by atoms with Gasteiger partial charge >= 0.3 is 0 Å². The quantitative estimate of drug-likeness (QED) is 0.554. The van der Waals surface area contributed by atoms with E-state index in [2.05, 4.69) is 25.8 Å². The molecule has 0 aliphatic carbocycles. The minimum absolute atomic E-state index is 0.224. The molecule has 17 heavy (non-hydrogen) atoms. The first-order chi connectivity index (χ1) is 7.88. The molecular formula is C14H16F2S. The van der Waals surface area contributed by atoms with Gasteiger partial charge in [-0.1, -0.05) is 49.1 Å².